The molecule has 0 saturated carbocycles. The molecule has 2 aromatic heterocycles. The van der Waals surface area contributed by atoms with Gasteiger partial charge in [-0.25, -0.2) is 15.0 Å². The number of hydrogen-bond donors (Lipinski definition) is 0. The van der Waals surface area contributed by atoms with E-state index in [4.69, 9.17) is 0 Å². The van der Waals surface area contributed by atoms with Crippen molar-refractivity contribution in [2.24, 2.45) is 0 Å². The lowest BCUT2D eigenvalue weighted by atomic mass is 10.2. The number of carbonyl (C=O) groups is 1. The topological polar surface area (TPSA) is 59.0 Å². The molecule has 0 atom stereocenters. The minimum Gasteiger partial charge on any atom is -0.294 e. The van der Waals surface area contributed by atoms with Gasteiger partial charge in [-0.05, 0) is 34.5 Å². The summed E-state index contributed by atoms with van der Waals surface area (Å²) in [6.07, 6.45) is 3.35. The Morgan fingerprint density at radius 2 is 1.95 bits per heavy atom. The van der Waals surface area contributed by atoms with Gasteiger partial charge in [-0.1, -0.05) is 19.9 Å². The van der Waals surface area contributed by atoms with Gasteiger partial charge in [0.2, 0.25) is 0 Å². The Morgan fingerprint density at radius 3 is 2.52 bits per heavy atom. The largest absolute Gasteiger partial charge is 0.294 e. The molecule has 2 rings (SSSR count). The van der Waals surface area contributed by atoms with Crippen molar-refractivity contribution in [3.8, 4) is 0 Å². The summed E-state index contributed by atoms with van der Waals surface area (Å²) >= 11 is 3.34. The number of amides is 1. The van der Waals surface area contributed by atoms with Crippen molar-refractivity contribution in [1.29, 1.82) is 0 Å². The summed E-state index contributed by atoms with van der Waals surface area (Å²) in [4.78, 5) is 26.9. The van der Waals surface area contributed by atoms with Crippen LogP contribution < -0.4 is 4.90 Å². The van der Waals surface area contributed by atoms with E-state index >= 15 is 0 Å². The third-order valence-corrected chi connectivity index (χ3v) is 3.61. The molecule has 0 aromatic carbocycles. The van der Waals surface area contributed by atoms with Crippen LogP contribution in [0.4, 0.5) is 5.82 Å². The predicted octanol–water partition coefficient (Wildman–Crippen LogP) is 3.34. The molecular formula is C15H17BrN4O. The molecule has 0 N–H and O–H groups in total. The first-order chi connectivity index (χ1) is 9.90. The van der Waals surface area contributed by atoms with Gasteiger partial charge in [0.1, 0.15) is 17.3 Å². The number of halogens is 1. The van der Waals surface area contributed by atoms with Crippen LogP contribution in [-0.4, -0.2) is 27.9 Å². The van der Waals surface area contributed by atoms with Crippen LogP contribution in [0.3, 0.4) is 0 Å². The highest BCUT2D eigenvalue weighted by Crippen LogP contribution is 2.20. The number of nitrogens with zero attached hydrogens (tertiary/aromatic N) is 4. The maximum Gasteiger partial charge on any atom is 0.279 e. The van der Waals surface area contributed by atoms with Crippen LogP contribution in [0.25, 0.3) is 0 Å². The molecule has 6 heteroatoms. The Balaban J connectivity index is 2.35. The van der Waals surface area contributed by atoms with Gasteiger partial charge in [0.15, 0.2) is 0 Å². The Bertz CT molecular complexity index is 655. The zero-order valence-electron chi connectivity index (χ0n) is 12.5. The number of aromatic nitrogens is 3. The van der Waals surface area contributed by atoms with E-state index in [1.54, 1.807) is 19.4 Å². The second-order valence-corrected chi connectivity index (χ2v) is 5.99. The molecule has 0 bridgehead atoms. The first-order valence-electron chi connectivity index (χ1n) is 6.63. The SMILES string of the molecule is Cc1ccc(N(C)C(=O)c2nc(C(C)C)ncc2Br)nc1. The fourth-order valence-electron chi connectivity index (χ4n) is 1.73. The number of rotatable bonds is 3. The van der Waals surface area contributed by atoms with E-state index < -0.39 is 0 Å². The van der Waals surface area contributed by atoms with E-state index in [0.717, 1.165) is 5.56 Å². The second-order valence-electron chi connectivity index (χ2n) is 5.14. The lowest BCUT2D eigenvalue weighted by molar-refractivity contribution is 0.0986. The van der Waals surface area contributed by atoms with Gasteiger partial charge >= 0.3 is 0 Å². The van der Waals surface area contributed by atoms with Crippen molar-refractivity contribution >= 4 is 27.7 Å². The van der Waals surface area contributed by atoms with Crippen LogP contribution in [0.5, 0.6) is 0 Å². The quantitative estimate of drug-likeness (QED) is 0.853. The molecule has 0 fully saturated rings. The molecule has 0 aliphatic heterocycles. The van der Waals surface area contributed by atoms with Gasteiger partial charge in [-0.15, -0.1) is 0 Å². The van der Waals surface area contributed by atoms with E-state index in [1.165, 1.54) is 4.90 Å². The average Bonchev–Trinajstić information content (AvgIpc) is 2.47. The van der Waals surface area contributed by atoms with Crippen molar-refractivity contribution in [1.82, 2.24) is 15.0 Å². The molecule has 2 aromatic rings. The smallest absolute Gasteiger partial charge is 0.279 e. The highest BCUT2D eigenvalue weighted by molar-refractivity contribution is 9.10. The number of anilines is 1. The van der Waals surface area contributed by atoms with Crippen molar-refractivity contribution in [2.45, 2.75) is 26.7 Å². The molecule has 110 valence electrons. The predicted molar refractivity (Wildman–Crippen MR) is 85.5 cm³/mol. The Morgan fingerprint density at radius 1 is 1.24 bits per heavy atom. The van der Waals surface area contributed by atoms with Crippen LogP contribution in [0, 0.1) is 6.92 Å². The van der Waals surface area contributed by atoms with Crippen LogP contribution in [-0.2, 0) is 0 Å². The molecule has 0 spiro atoms. The highest BCUT2D eigenvalue weighted by atomic mass is 79.9. The third kappa shape index (κ3) is 3.44. The second kappa shape index (κ2) is 6.30. The molecule has 1 amide bonds. The van der Waals surface area contributed by atoms with E-state index in [0.29, 0.717) is 21.8 Å². The first kappa shape index (κ1) is 15.6. The fraction of sp³-hybridized carbons (Fsp3) is 0.333. The van der Waals surface area contributed by atoms with E-state index in [9.17, 15) is 4.79 Å². The van der Waals surface area contributed by atoms with Gasteiger partial charge in [0.25, 0.3) is 5.91 Å². The molecule has 0 unspecified atom stereocenters. The van der Waals surface area contributed by atoms with Gasteiger partial charge in [-0.2, -0.15) is 0 Å². The van der Waals surface area contributed by atoms with Crippen LogP contribution in [0.2, 0.25) is 0 Å². The molecule has 0 aliphatic rings. The molecule has 0 aliphatic carbocycles. The number of aryl methyl sites for hydroxylation is 1. The molecule has 2 heterocycles. The molecule has 5 nitrogen and oxygen atoms in total. The minimum atomic E-state index is -0.220. The average molecular weight is 349 g/mol. The number of hydrogen-bond acceptors (Lipinski definition) is 4. The highest BCUT2D eigenvalue weighted by Gasteiger charge is 2.20. The van der Waals surface area contributed by atoms with Crippen LogP contribution >= 0.6 is 15.9 Å². The summed E-state index contributed by atoms with van der Waals surface area (Å²) in [5.74, 6) is 1.17. The maximum absolute atomic E-state index is 12.6. The molecule has 0 radical (unpaired) electrons. The van der Waals surface area contributed by atoms with Crippen molar-refractivity contribution in [2.75, 3.05) is 11.9 Å². The lowest BCUT2D eigenvalue weighted by Gasteiger charge is -2.17. The van der Waals surface area contributed by atoms with Gasteiger partial charge in [-0.3, -0.25) is 9.69 Å². The van der Waals surface area contributed by atoms with Gasteiger partial charge < -0.3 is 0 Å². The number of pyridine rings is 1. The van der Waals surface area contributed by atoms with Crippen molar-refractivity contribution in [3.63, 3.8) is 0 Å². The standard InChI is InChI=1S/C15H17BrN4O/c1-9(2)14-18-8-11(16)13(19-14)15(21)20(4)12-6-5-10(3)7-17-12/h5-9H,1-4H3. The summed E-state index contributed by atoms with van der Waals surface area (Å²) < 4.78 is 0.580. The zero-order valence-corrected chi connectivity index (χ0v) is 14.0. The lowest BCUT2D eigenvalue weighted by Crippen LogP contribution is -2.28. The van der Waals surface area contributed by atoms with Crippen LogP contribution in [0.15, 0.2) is 29.0 Å². The van der Waals surface area contributed by atoms with E-state index in [1.807, 2.05) is 32.9 Å². The van der Waals surface area contributed by atoms with E-state index in [-0.39, 0.29) is 11.8 Å². The summed E-state index contributed by atoms with van der Waals surface area (Å²) in [7, 11) is 1.68. The van der Waals surface area contributed by atoms with Gasteiger partial charge in [0, 0.05) is 25.4 Å². The third-order valence-electron chi connectivity index (χ3n) is 3.03. The maximum atomic E-state index is 12.6. The molecule has 21 heavy (non-hydrogen) atoms. The van der Waals surface area contributed by atoms with Crippen molar-refractivity contribution in [3.05, 3.63) is 46.1 Å². The molecule has 0 saturated heterocycles. The Hall–Kier alpha value is -1.82. The Labute approximate surface area is 132 Å². The summed E-state index contributed by atoms with van der Waals surface area (Å²) in [5, 5.41) is 0. The summed E-state index contributed by atoms with van der Waals surface area (Å²) in [5.41, 5.74) is 1.39. The fourth-order valence-corrected chi connectivity index (χ4v) is 2.09. The summed E-state index contributed by atoms with van der Waals surface area (Å²) in [6.45, 7) is 5.93. The van der Waals surface area contributed by atoms with E-state index in [2.05, 4.69) is 30.9 Å². The van der Waals surface area contributed by atoms with Gasteiger partial charge in [0.05, 0.1) is 4.47 Å². The normalized spacial score (nSPS) is 10.8. The molecular weight excluding hydrogens is 332 g/mol. The van der Waals surface area contributed by atoms with Crippen molar-refractivity contribution < 1.29 is 4.79 Å². The Kier molecular flexibility index (Phi) is 4.67. The first-order valence-corrected chi connectivity index (χ1v) is 7.42. The van der Waals surface area contributed by atoms with Crippen LogP contribution in [0.1, 0.15) is 41.6 Å². The monoisotopic (exact) mass is 348 g/mol. The summed E-state index contributed by atoms with van der Waals surface area (Å²) in [6, 6.07) is 3.73. The minimum absolute atomic E-state index is 0.160. The number of carbonyl (C=O) groups excluding carboxylic acids is 1. The zero-order chi connectivity index (χ0) is 15.6.